The number of benzene rings is 1. The van der Waals surface area contributed by atoms with Crippen LogP contribution in [0.3, 0.4) is 0 Å². The third kappa shape index (κ3) is 1.62. The molecule has 0 aliphatic heterocycles. The van der Waals surface area contributed by atoms with E-state index in [1.165, 1.54) is 0 Å². The predicted molar refractivity (Wildman–Crippen MR) is 67.5 cm³/mol. The van der Waals surface area contributed by atoms with Gasteiger partial charge in [-0.05, 0) is 17.4 Å². The monoisotopic (exact) mass is 228 g/mol. The van der Waals surface area contributed by atoms with Crippen LogP contribution in [0, 0.1) is 5.41 Å². The molecule has 88 valence electrons. The van der Waals surface area contributed by atoms with Gasteiger partial charge in [0.15, 0.2) is 0 Å². The highest BCUT2D eigenvalue weighted by molar-refractivity contribution is 5.76. The van der Waals surface area contributed by atoms with Crippen molar-refractivity contribution in [2.75, 3.05) is 5.73 Å². The van der Waals surface area contributed by atoms with Gasteiger partial charge in [0, 0.05) is 5.92 Å². The maximum absolute atomic E-state index is 5.90. The highest BCUT2D eigenvalue weighted by Crippen LogP contribution is 2.60. The number of aromatic nitrogens is 1. The molecule has 1 heterocycles. The Kier molecular flexibility index (Phi) is 2.05. The molecule has 17 heavy (non-hydrogen) atoms. The molecule has 1 atom stereocenters. The van der Waals surface area contributed by atoms with E-state index in [0.29, 0.717) is 17.2 Å². The topological polar surface area (TPSA) is 52.0 Å². The predicted octanol–water partition coefficient (Wildman–Crippen LogP) is 3.44. The molecule has 1 unspecified atom stereocenters. The Morgan fingerprint density at radius 3 is 2.53 bits per heavy atom. The van der Waals surface area contributed by atoms with Gasteiger partial charge >= 0.3 is 0 Å². The van der Waals surface area contributed by atoms with Crippen molar-refractivity contribution in [1.82, 2.24) is 5.16 Å². The van der Waals surface area contributed by atoms with Crippen molar-refractivity contribution in [3.8, 4) is 11.1 Å². The molecule has 3 heteroatoms. The zero-order valence-corrected chi connectivity index (χ0v) is 10.1. The smallest absolute Gasteiger partial charge is 0.230 e. The van der Waals surface area contributed by atoms with Gasteiger partial charge in [0.25, 0.3) is 0 Å². The van der Waals surface area contributed by atoms with Crippen molar-refractivity contribution in [2.24, 2.45) is 5.41 Å². The average Bonchev–Trinajstić information content (AvgIpc) is 2.78. The zero-order chi connectivity index (χ0) is 12.0. The number of hydrogen-bond acceptors (Lipinski definition) is 3. The Labute approximate surface area is 101 Å². The minimum absolute atomic E-state index is 0.326. The maximum atomic E-state index is 5.90. The minimum Gasteiger partial charge on any atom is -0.367 e. The third-order valence-electron chi connectivity index (χ3n) is 3.65. The van der Waals surface area contributed by atoms with Crippen molar-refractivity contribution in [3.05, 3.63) is 36.0 Å². The molecular formula is C14H16N2O. The summed E-state index contributed by atoms with van der Waals surface area (Å²) in [7, 11) is 0. The van der Waals surface area contributed by atoms with Crippen molar-refractivity contribution in [3.63, 3.8) is 0 Å². The summed E-state index contributed by atoms with van der Waals surface area (Å²) in [6.07, 6.45) is 1.15. The van der Waals surface area contributed by atoms with Crippen LogP contribution >= 0.6 is 0 Å². The highest BCUT2D eigenvalue weighted by atomic mass is 16.5. The fourth-order valence-electron chi connectivity index (χ4n) is 2.38. The molecule has 1 aromatic carbocycles. The molecule has 0 bridgehead atoms. The van der Waals surface area contributed by atoms with E-state index in [-0.39, 0.29) is 0 Å². The van der Waals surface area contributed by atoms with E-state index < -0.39 is 0 Å². The van der Waals surface area contributed by atoms with Crippen LogP contribution in [0.25, 0.3) is 11.1 Å². The standard InChI is InChI=1S/C14H16N2O/c1-14(2)8-10(14)12-11(13(15)17-16-12)9-6-4-3-5-7-9/h3-7,10H,8,15H2,1-2H3. The Balaban J connectivity index is 2.08. The molecule has 2 aromatic rings. The summed E-state index contributed by atoms with van der Waals surface area (Å²) in [6.45, 7) is 4.49. The maximum Gasteiger partial charge on any atom is 0.230 e. The van der Waals surface area contributed by atoms with E-state index in [4.69, 9.17) is 10.3 Å². The second-order valence-corrected chi connectivity index (χ2v) is 5.42. The van der Waals surface area contributed by atoms with E-state index >= 15 is 0 Å². The largest absolute Gasteiger partial charge is 0.367 e. The summed E-state index contributed by atoms with van der Waals surface area (Å²) in [5.41, 5.74) is 9.30. The first kappa shape index (κ1) is 10.4. The van der Waals surface area contributed by atoms with Gasteiger partial charge in [0.1, 0.15) is 0 Å². The van der Waals surface area contributed by atoms with Crippen LogP contribution in [0.1, 0.15) is 31.9 Å². The van der Waals surface area contributed by atoms with Crippen LogP contribution in [0.4, 0.5) is 5.88 Å². The van der Waals surface area contributed by atoms with Gasteiger partial charge in [-0.2, -0.15) is 0 Å². The van der Waals surface area contributed by atoms with Gasteiger partial charge in [-0.1, -0.05) is 49.3 Å². The normalized spacial score (nSPS) is 21.4. The molecule has 2 N–H and O–H groups in total. The lowest BCUT2D eigenvalue weighted by atomic mass is 10.00. The summed E-state index contributed by atoms with van der Waals surface area (Å²) >= 11 is 0. The molecule has 1 aliphatic carbocycles. The van der Waals surface area contributed by atoms with Crippen LogP contribution < -0.4 is 5.73 Å². The fourth-order valence-corrected chi connectivity index (χ4v) is 2.38. The number of nitrogens with two attached hydrogens (primary N) is 1. The Bertz CT molecular complexity index is 543. The fraction of sp³-hybridized carbons (Fsp3) is 0.357. The average molecular weight is 228 g/mol. The number of nitrogens with zero attached hydrogens (tertiary/aromatic N) is 1. The van der Waals surface area contributed by atoms with Crippen LogP contribution in [0.5, 0.6) is 0 Å². The summed E-state index contributed by atoms with van der Waals surface area (Å²) in [5, 5.41) is 4.15. The number of hydrogen-bond donors (Lipinski definition) is 1. The molecule has 3 nitrogen and oxygen atoms in total. The van der Waals surface area contributed by atoms with E-state index in [1.54, 1.807) is 0 Å². The van der Waals surface area contributed by atoms with Gasteiger partial charge in [-0.15, -0.1) is 0 Å². The van der Waals surface area contributed by atoms with Gasteiger partial charge in [0.2, 0.25) is 5.88 Å². The quantitative estimate of drug-likeness (QED) is 0.856. The summed E-state index contributed by atoms with van der Waals surface area (Å²) < 4.78 is 5.17. The summed E-state index contributed by atoms with van der Waals surface area (Å²) in [6, 6.07) is 10.1. The van der Waals surface area contributed by atoms with Gasteiger partial charge in [-0.3, -0.25) is 0 Å². The lowest BCUT2D eigenvalue weighted by Crippen LogP contribution is -1.93. The van der Waals surface area contributed by atoms with E-state index in [0.717, 1.165) is 23.2 Å². The molecule has 0 spiro atoms. The zero-order valence-electron chi connectivity index (χ0n) is 10.1. The first-order chi connectivity index (χ1) is 8.09. The number of anilines is 1. The summed E-state index contributed by atoms with van der Waals surface area (Å²) in [4.78, 5) is 0. The van der Waals surface area contributed by atoms with Crippen LogP contribution in [-0.2, 0) is 0 Å². The van der Waals surface area contributed by atoms with Crippen LogP contribution in [0.2, 0.25) is 0 Å². The van der Waals surface area contributed by atoms with E-state index in [9.17, 15) is 0 Å². The molecule has 0 saturated heterocycles. The van der Waals surface area contributed by atoms with E-state index in [2.05, 4.69) is 19.0 Å². The molecule has 0 radical (unpaired) electrons. The lowest BCUT2D eigenvalue weighted by Gasteiger charge is -2.03. The first-order valence-electron chi connectivity index (χ1n) is 5.90. The second kappa shape index (κ2) is 3.36. The number of nitrogen functional groups attached to an aromatic ring is 1. The second-order valence-electron chi connectivity index (χ2n) is 5.42. The molecule has 1 fully saturated rings. The summed E-state index contributed by atoms with van der Waals surface area (Å²) in [5.74, 6) is 0.896. The highest BCUT2D eigenvalue weighted by Gasteiger charge is 2.49. The SMILES string of the molecule is CC1(C)CC1c1noc(N)c1-c1ccccc1. The lowest BCUT2D eigenvalue weighted by molar-refractivity contribution is 0.424. The molecule has 1 saturated carbocycles. The Morgan fingerprint density at radius 2 is 1.94 bits per heavy atom. The molecule has 1 aliphatic rings. The van der Waals surface area contributed by atoms with Crippen molar-refractivity contribution in [2.45, 2.75) is 26.2 Å². The van der Waals surface area contributed by atoms with Gasteiger partial charge < -0.3 is 10.3 Å². The van der Waals surface area contributed by atoms with E-state index in [1.807, 2.05) is 30.3 Å². The minimum atomic E-state index is 0.326. The van der Waals surface area contributed by atoms with Gasteiger partial charge in [0.05, 0.1) is 11.3 Å². The first-order valence-corrected chi connectivity index (χ1v) is 5.90. The molecule has 0 amide bonds. The third-order valence-corrected chi connectivity index (χ3v) is 3.65. The van der Waals surface area contributed by atoms with Crippen molar-refractivity contribution < 1.29 is 4.52 Å². The van der Waals surface area contributed by atoms with Gasteiger partial charge in [-0.25, -0.2) is 0 Å². The van der Waals surface area contributed by atoms with Crippen molar-refractivity contribution >= 4 is 5.88 Å². The van der Waals surface area contributed by atoms with Crippen LogP contribution in [0.15, 0.2) is 34.9 Å². The number of rotatable bonds is 2. The molecule has 1 aromatic heterocycles. The molecular weight excluding hydrogens is 212 g/mol. The Hall–Kier alpha value is -1.77. The van der Waals surface area contributed by atoms with Crippen LogP contribution in [-0.4, -0.2) is 5.16 Å². The van der Waals surface area contributed by atoms with Crippen molar-refractivity contribution in [1.29, 1.82) is 0 Å². The Morgan fingerprint density at radius 1 is 1.29 bits per heavy atom. The molecule has 3 rings (SSSR count).